The number of nitrogens with zero attached hydrogens (tertiary/aromatic N) is 5. The van der Waals surface area contributed by atoms with Crippen LogP contribution in [-0.2, 0) is 25.7 Å². The number of ether oxygens (including phenoxy) is 1. The second-order valence-corrected chi connectivity index (χ2v) is 9.34. The van der Waals surface area contributed by atoms with Crippen LogP contribution >= 0.6 is 0 Å². The number of aliphatic hydroxyl groups is 1. The van der Waals surface area contributed by atoms with Crippen molar-refractivity contribution in [2.45, 2.75) is 39.1 Å². The molecule has 4 rings (SSSR count). The number of hydrogen-bond donors (Lipinski definition) is 3. The second kappa shape index (κ2) is 10.7. The summed E-state index contributed by atoms with van der Waals surface area (Å²) in [6.45, 7) is 0.000785. The zero-order valence-corrected chi connectivity index (χ0v) is 21.3. The molecule has 0 unspecified atom stereocenters. The number of rotatable bonds is 10. The molecular weight excluding hydrogens is 515 g/mol. The van der Waals surface area contributed by atoms with Gasteiger partial charge in [-0.05, 0) is 43.7 Å². The Morgan fingerprint density at radius 1 is 1.15 bits per heavy atom. The summed E-state index contributed by atoms with van der Waals surface area (Å²) in [5.41, 5.74) is -0.117. The van der Waals surface area contributed by atoms with Crippen molar-refractivity contribution in [2.24, 2.45) is 7.05 Å². The molecule has 4 aromatic rings. The van der Waals surface area contributed by atoms with Crippen LogP contribution in [0.2, 0.25) is 0 Å². The lowest BCUT2D eigenvalue weighted by molar-refractivity contribution is -0.0505. The summed E-state index contributed by atoms with van der Waals surface area (Å²) in [4.78, 5) is 22.5. The maximum atomic E-state index is 15.1. The van der Waals surface area contributed by atoms with Gasteiger partial charge in [0.2, 0.25) is 0 Å². The van der Waals surface area contributed by atoms with Crippen molar-refractivity contribution in [1.29, 1.82) is 10.8 Å². The van der Waals surface area contributed by atoms with E-state index >= 15 is 4.39 Å². The van der Waals surface area contributed by atoms with Crippen LogP contribution in [0.5, 0.6) is 5.75 Å². The molecule has 0 bridgehead atoms. The summed E-state index contributed by atoms with van der Waals surface area (Å²) in [5.74, 6) is -0.642. The normalized spacial score (nSPS) is 11.7. The van der Waals surface area contributed by atoms with Crippen molar-refractivity contribution in [3.05, 3.63) is 75.8 Å². The van der Waals surface area contributed by atoms with Crippen molar-refractivity contribution in [1.82, 2.24) is 24.2 Å². The molecule has 0 saturated carbocycles. The van der Waals surface area contributed by atoms with E-state index in [0.717, 1.165) is 18.7 Å². The van der Waals surface area contributed by atoms with Gasteiger partial charge in [-0.25, -0.2) is 14.4 Å². The topological polar surface area (TPSA) is 133 Å². The molecule has 0 fully saturated rings. The lowest BCUT2D eigenvalue weighted by Crippen LogP contribution is -2.21. The van der Waals surface area contributed by atoms with E-state index in [2.05, 4.69) is 9.97 Å². The highest BCUT2D eigenvalue weighted by molar-refractivity contribution is 5.84. The Labute approximate surface area is 220 Å². The van der Waals surface area contributed by atoms with Gasteiger partial charge >= 0.3 is 6.61 Å². The van der Waals surface area contributed by atoms with Gasteiger partial charge < -0.3 is 14.7 Å². The fourth-order valence-corrected chi connectivity index (χ4v) is 4.15. The van der Waals surface area contributed by atoms with Crippen LogP contribution in [0.3, 0.4) is 0 Å². The first-order valence-electron chi connectivity index (χ1n) is 11.7. The third-order valence-electron chi connectivity index (χ3n) is 6.12. The first-order valence-corrected chi connectivity index (χ1v) is 11.7. The Morgan fingerprint density at radius 3 is 2.41 bits per heavy atom. The SMILES string of the molecule is Cn1c(=O)c2cc(F)c(-c3cnc(C(C)(C)O)nc3)cc2n1Cc1cc(CN(C=N)C=N)ccc1OC(F)F. The molecule has 0 amide bonds. The van der Waals surface area contributed by atoms with Gasteiger partial charge in [-0.15, -0.1) is 0 Å². The highest BCUT2D eigenvalue weighted by atomic mass is 19.3. The predicted molar refractivity (Wildman–Crippen MR) is 139 cm³/mol. The van der Waals surface area contributed by atoms with E-state index in [1.807, 2.05) is 0 Å². The van der Waals surface area contributed by atoms with Crippen molar-refractivity contribution in [3.8, 4) is 16.9 Å². The minimum Gasteiger partial charge on any atom is -0.434 e. The van der Waals surface area contributed by atoms with E-state index in [1.54, 1.807) is 12.1 Å². The molecule has 2 aromatic carbocycles. The molecular formula is C26H26F3N7O3. The van der Waals surface area contributed by atoms with Crippen LogP contribution in [0.15, 0.2) is 47.5 Å². The van der Waals surface area contributed by atoms with E-state index in [1.165, 1.54) is 59.7 Å². The van der Waals surface area contributed by atoms with Gasteiger partial charge in [-0.2, -0.15) is 8.78 Å². The maximum absolute atomic E-state index is 15.1. The molecule has 204 valence electrons. The van der Waals surface area contributed by atoms with Crippen LogP contribution in [0, 0.1) is 16.6 Å². The number of hydrogen-bond acceptors (Lipinski definition) is 7. The summed E-state index contributed by atoms with van der Waals surface area (Å²) in [5, 5.41) is 25.0. The molecule has 10 nitrogen and oxygen atoms in total. The molecule has 0 radical (unpaired) electrons. The lowest BCUT2D eigenvalue weighted by atomic mass is 10.1. The molecule has 0 aliphatic carbocycles. The average molecular weight is 542 g/mol. The average Bonchev–Trinajstić information content (AvgIpc) is 3.11. The van der Waals surface area contributed by atoms with E-state index in [0.29, 0.717) is 22.2 Å². The van der Waals surface area contributed by atoms with Crippen LogP contribution in [0.4, 0.5) is 13.2 Å². The Hall–Kier alpha value is -4.52. The Bertz CT molecular complexity index is 1580. The first-order chi connectivity index (χ1) is 18.4. The van der Waals surface area contributed by atoms with E-state index in [-0.39, 0.29) is 35.6 Å². The third-order valence-corrected chi connectivity index (χ3v) is 6.12. The predicted octanol–water partition coefficient (Wildman–Crippen LogP) is 3.83. The molecule has 0 atom stereocenters. The number of fused-ring (bicyclic) bond motifs is 1. The fourth-order valence-electron chi connectivity index (χ4n) is 4.15. The quantitative estimate of drug-likeness (QED) is 0.207. The van der Waals surface area contributed by atoms with Crippen LogP contribution in [0.1, 0.15) is 30.8 Å². The van der Waals surface area contributed by atoms with Crippen molar-refractivity contribution >= 4 is 23.6 Å². The lowest BCUT2D eigenvalue weighted by Gasteiger charge is -2.17. The summed E-state index contributed by atoms with van der Waals surface area (Å²) < 4.78 is 48.9. The molecule has 39 heavy (non-hydrogen) atoms. The molecule has 2 heterocycles. The highest BCUT2D eigenvalue weighted by Gasteiger charge is 2.21. The summed E-state index contributed by atoms with van der Waals surface area (Å²) >= 11 is 0. The van der Waals surface area contributed by atoms with E-state index < -0.39 is 23.6 Å². The zero-order valence-electron chi connectivity index (χ0n) is 21.3. The van der Waals surface area contributed by atoms with Gasteiger partial charge in [0.25, 0.3) is 5.56 Å². The summed E-state index contributed by atoms with van der Waals surface area (Å²) in [6.07, 6.45) is 4.64. The number of halogens is 3. The van der Waals surface area contributed by atoms with Crippen LogP contribution < -0.4 is 10.3 Å². The Morgan fingerprint density at radius 2 is 1.82 bits per heavy atom. The summed E-state index contributed by atoms with van der Waals surface area (Å²) in [6, 6.07) is 7.05. The minimum atomic E-state index is -3.09. The van der Waals surface area contributed by atoms with Gasteiger partial charge in [-0.1, -0.05) is 6.07 Å². The number of alkyl halides is 2. The number of nitrogens with one attached hydrogen (secondary N) is 2. The molecule has 0 spiro atoms. The van der Waals surface area contributed by atoms with Crippen LogP contribution in [0.25, 0.3) is 22.0 Å². The monoisotopic (exact) mass is 541 g/mol. The van der Waals surface area contributed by atoms with Gasteiger partial charge in [0.15, 0.2) is 5.82 Å². The van der Waals surface area contributed by atoms with Gasteiger partial charge in [0, 0.05) is 42.7 Å². The number of aromatic nitrogens is 4. The van der Waals surface area contributed by atoms with Crippen LogP contribution in [-0.4, -0.2) is 48.6 Å². The maximum Gasteiger partial charge on any atom is 0.387 e. The fraction of sp³-hybridized carbons (Fsp3) is 0.269. The van der Waals surface area contributed by atoms with Crippen molar-refractivity contribution in [3.63, 3.8) is 0 Å². The zero-order chi connectivity index (χ0) is 28.5. The first kappa shape index (κ1) is 27.5. The third kappa shape index (κ3) is 5.67. The van der Waals surface area contributed by atoms with Crippen molar-refractivity contribution in [2.75, 3.05) is 0 Å². The standard InChI is InChI=1S/C26H26F3N7O3/c1-26(2,38)24-32-9-17(10-33-24)18-8-21-19(7-20(18)27)23(37)34(3)36(21)12-16-6-15(11-35(13-30)14-31)4-5-22(16)39-25(28)29/h4-10,13-14,25,30-31,38H,11-12H2,1-3H3. The Kier molecular flexibility index (Phi) is 7.54. The molecule has 0 saturated heterocycles. The van der Waals surface area contributed by atoms with Gasteiger partial charge in [-0.3, -0.25) is 25.0 Å². The van der Waals surface area contributed by atoms with Crippen molar-refractivity contribution < 1.29 is 23.0 Å². The molecule has 3 N–H and O–H groups in total. The molecule has 13 heteroatoms. The molecule has 0 aliphatic heterocycles. The second-order valence-electron chi connectivity index (χ2n) is 9.34. The summed E-state index contributed by atoms with van der Waals surface area (Å²) in [7, 11) is 1.48. The molecule has 2 aromatic heterocycles. The van der Waals surface area contributed by atoms with Gasteiger partial charge in [0.1, 0.15) is 17.2 Å². The smallest absolute Gasteiger partial charge is 0.387 e. The largest absolute Gasteiger partial charge is 0.434 e. The van der Waals surface area contributed by atoms with Gasteiger partial charge in [0.05, 0.1) is 30.1 Å². The highest BCUT2D eigenvalue weighted by Crippen LogP contribution is 2.29. The number of benzene rings is 2. The molecule has 0 aliphatic rings. The Balaban J connectivity index is 1.83. The minimum absolute atomic E-state index is 0.0825. The van der Waals surface area contributed by atoms with E-state index in [9.17, 15) is 18.7 Å². The van der Waals surface area contributed by atoms with E-state index in [4.69, 9.17) is 15.6 Å².